The average molecular weight is 266 g/mol. The third kappa shape index (κ3) is 4.82. The molecule has 1 aromatic rings. The maximum absolute atomic E-state index is 10.9. The van der Waals surface area contributed by atoms with Crippen molar-refractivity contribution in [1.82, 2.24) is 14.9 Å². The summed E-state index contributed by atoms with van der Waals surface area (Å²) in [6.45, 7) is 7.62. The highest BCUT2D eigenvalue weighted by molar-refractivity contribution is 5.85. The maximum atomic E-state index is 10.9. The van der Waals surface area contributed by atoms with Crippen molar-refractivity contribution in [3.8, 4) is 0 Å². The van der Waals surface area contributed by atoms with Crippen LogP contribution >= 0.6 is 0 Å². The molecule has 0 fully saturated rings. The Hall–Kier alpha value is -1.69. The number of carbonyl (C=O) groups is 1. The minimum atomic E-state index is -1.04. The predicted molar refractivity (Wildman–Crippen MR) is 74.6 cm³/mol. The standard InChI is InChI=1S/C13H22N4O2/c1-5-10(3)17(4)7-6-14-13-15-9(2)8-11(16-13)12(18)19/h8,10H,5-7H2,1-4H3,(H,18,19)(H,14,15,16). The zero-order chi connectivity index (χ0) is 14.4. The van der Waals surface area contributed by atoms with E-state index in [4.69, 9.17) is 5.11 Å². The van der Waals surface area contributed by atoms with Gasteiger partial charge in [-0.2, -0.15) is 0 Å². The van der Waals surface area contributed by atoms with E-state index < -0.39 is 5.97 Å². The number of likely N-dealkylation sites (N-methyl/N-ethyl adjacent to an activating group) is 1. The number of aryl methyl sites for hydroxylation is 1. The van der Waals surface area contributed by atoms with E-state index in [1.54, 1.807) is 6.92 Å². The van der Waals surface area contributed by atoms with Crippen LogP contribution in [0.4, 0.5) is 5.95 Å². The van der Waals surface area contributed by atoms with Crippen LogP contribution in [0.2, 0.25) is 0 Å². The summed E-state index contributed by atoms with van der Waals surface area (Å²) in [7, 11) is 2.07. The molecule has 6 heteroatoms. The number of aromatic carboxylic acids is 1. The molecule has 0 aromatic carbocycles. The Morgan fingerprint density at radius 1 is 1.53 bits per heavy atom. The number of aromatic nitrogens is 2. The first-order valence-corrected chi connectivity index (χ1v) is 6.47. The second-order valence-electron chi connectivity index (χ2n) is 4.69. The zero-order valence-corrected chi connectivity index (χ0v) is 12.0. The first-order chi connectivity index (χ1) is 8.93. The zero-order valence-electron chi connectivity index (χ0n) is 12.0. The van der Waals surface area contributed by atoms with E-state index in [9.17, 15) is 4.79 Å². The molecule has 19 heavy (non-hydrogen) atoms. The van der Waals surface area contributed by atoms with Gasteiger partial charge in [0.1, 0.15) is 0 Å². The van der Waals surface area contributed by atoms with Crippen molar-refractivity contribution in [2.24, 2.45) is 0 Å². The molecule has 0 amide bonds. The Labute approximate surface area is 113 Å². The number of anilines is 1. The summed E-state index contributed by atoms with van der Waals surface area (Å²) in [6.07, 6.45) is 1.10. The van der Waals surface area contributed by atoms with E-state index in [1.165, 1.54) is 6.07 Å². The van der Waals surface area contributed by atoms with Crippen LogP contribution in [0.1, 0.15) is 36.5 Å². The van der Waals surface area contributed by atoms with E-state index in [-0.39, 0.29) is 5.69 Å². The van der Waals surface area contributed by atoms with Crippen LogP contribution < -0.4 is 5.32 Å². The minimum Gasteiger partial charge on any atom is -0.477 e. The predicted octanol–water partition coefficient (Wildman–Crippen LogP) is 1.63. The number of nitrogens with one attached hydrogen (secondary N) is 1. The van der Waals surface area contributed by atoms with Gasteiger partial charge in [0.25, 0.3) is 0 Å². The number of hydrogen-bond donors (Lipinski definition) is 2. The molecular formula is C13H22N4O2. The molecule has 0 aliphatic heterocycles. The number of rotatable bonds is 7. The van der Waals surface area contributed by atoms with Crippen LogP contribution in [-0.2, 0) is 0 Å². The van der Waals surface area contributed by atoms with Gasteiger partial charge < -0.3 is 15.3 Å². The van der Waals surface area contributed by atoms with Crippen LogP contribution in [0, 0.1) is 6.92 Å². The van der Waals surface area contributed by atoms with Crippen LogP contribution in [-0.4, -0.2) is 52.1 Å². The lowest BCUT2D eigenvalue weighted by Crippen LogP contribution is -2.33. The van der Waals surface area contributed by atoms with Gasteiger partial charge in [-0.3, -0.25) is 0 Å². The average Bonchev–Trinajstić information content (AvgIpc) is 2.36. The second kappa shape index (κ2) is 7.04. The Balaban J connectivity index is 2.56. The lowest BCUT2D eigenvalue weighted by Gasteiger charge is -2.23. The molecule has 1 rings (SSSR count). The fourth-order valence-electron chi connectivity index (χ4n) is 1.63. The molecule has 0 radical (unpaired) electrons. The van der Waals surface area contributed by atoms with Gasteiger partial charge in [-0.1, -0.05) is 6.92 Å². The summed E-state index contributed by atoms with van der Waals surface area (Å²) < 4.78 is 0. The summed E-state index contributed by atoms with van der Waals surface area (Å²) in [5, 5.41) is 12.0. The topological polar surface area (TPSA) is 78.4 Å². The second-order valence-corrected chi connectivity index (χ2v) is 4.69. The summed E-state index contributed by atoms with van der Waals surface area (Å²) in [4.78, 5) is 21.3. The van der Waals surface area contributed by atoms with Crippen LogP contribution in [0.15, 0.2) is 6.07 Å². The SMILES string of the molecule is CCC(C)N(C)CCNc1nc(C)cc(C(=O)O)n1. The Kier molecular flexibility index (Phi) is 5.69. The molecule has 0 saturated carbocycles. The Morgan fingerprint density at radius 3 is 2.79 bits per heavy atom. The van der Waals surface area contributed by atoms with Crippen molar-refractivity contribution in [2.45, 2.75) is 33.2 Å². The van der Waals surface area contributed by atoms with Gasteiger partial charge >= 0.3 is 5.97 Å². The van der Waals surface area contributed by atoms with Gasteiger partial charge in [0.05, 0.1) is 0 Å². The van der Waals surface area contributed by atoms with Crippen molar-refractivity contribution < 1.29 is 9.90 Å². The summed E-state index contributed by atoms with van der Waals surface area (Å²) in [5.74, 6) is -0.666. The molecule has 1 atom stereocenters. The molecule has 106 valence electrons. The molecule has 2 N–H and O–H groups in total. The highest BCUT2D eigenvalue weighted by Crippen LogP contribution is 2.05. The first kappa shape index (κ1) is 15.4. The van der Waals surface area contributed by atoms with Crippen LogP contribution in [0.3, 0.4) is 0 Å². The maximum Gasteiger partial charge on any atom is 0.354 e. The molecule has 0 aliphatic carbocycles. The minimum absolute atomic E-state index is 0.0188. The molecule has 1 heterocycles. The van der Waals surface area contributed by atoms with Gasteiger partial charge in [-0.05, 0) is 33.4 Å². The molecule has 1 unspecified atom stereocenters. The lowest BCUT2D eigenvalue weighted by molar-refractivity contribution is 0.0690. The monoisotopic (exact) mass is 266 g/mol. The van der Waals surface area contributed by atoms with Gasteiger partial charge in [0.15, 0.2) is 5.69 Å². The van der Waals surface area contributed by atoms with Crippen LogP contribution in [0.25, 0.3) is 0 Å². The number of carboxylic acid groups (broad SMARTS) is 1. The van der Waals surface area contributed by atoms with Gasteiger partial charge in [0.2, 0.25) is 5.95 Å². The largest absolute Gasteiger partial charge is 0.477 e. The highest BCUT2D eigenvalue weighted by Gasteiger charge is 2.09. The third-order valence-corrected chi connectivity index (χ3v) is 3.16. The lowest BCUT2D eigenvalue weighted by atomic mass is 10.2. The summed E-state index contributed by atoms with van der Waals surface area (Å²) >= 11 is 0. The fraction of sp³-hybridized carbons (Fsp3) is 0.615. The summed E-state index contributed by atoms with van der Waals surface area (Å²) in [5.41, 5.74) is 0.662. The highest BCUT2D eigenvalue weighted by atomic mass is 16.4. The van der Waals surface area contributed by atoms with Gasteiger partial charge in [-0.25, -0.2) is 14.8 Å². The molecule has 0 saturated heterocycles. The van der Waals surface area contributed by atoms with E-state index >= 15 is 0 Å². The Morgan fingerprint density at radius 2 is 2.21 bits per heavy atom. The molecule has 0 spiro atoms. The summed E-state index contributed by atoms with van der Waals surface area (Å²) in [6, 6.07) is 1.98. The number of hydrogen-bond acceptors (Lipinski definition) is 5. The van der Waals surface area contributed by atoms with E-state index in [0.29, 0.717) is 24.2 Å². The third-order valence-electron chi connectivity index (χ3n) is 3.16. The molecule has 0 aliphatic rings. The normalized spacial score (nSPS) is 12.5. The van der Waals surface area contributed by atoms with E-state index in [0.717, 1.165) is 13.0 Å². The van der Waals surface area contributed by atoms with Crippen molar-refractivity contribution in [3.63, 3.8) is 0 Å². The molecule has 1 aromatic heterocycles. The first-order valence-electron chi connectivity index (χ1n) is 6.47. The molecule has 0 bridgehead atoms. The quantitative estimate of drug-likeness (QED) is 0.781. The van der Waals surface area contributed by atoms with E-state index in [1.807, 2.05) is 0 Å². The fourth-order valence-corrected chi connectivity index (χ4v) is 1.63. The van der Waals surface area contributed by atoms with Gasteiger partial charge in [-0.15, -0.1) is 0 Å². The van der Waals surface area contributed by atoms with Gasteiger partial charge in [0, 0.05) is 24.8 Å². The van der Waals surface area contributed by atoms with Crippen molar-refractivity contribution >= 4 is 11.9 Å². The van der Waals surface area contributed by atoms with Crippen molar-refractivity contribution in [2.75, 3.05) is 25.5 Å². The van der Waals surface area contributed by atoms with Crippen molar-refractivity contribution in [3.05, 3.63) is 17.5 Å². The van der Waals surface area contributed by atoms with Crippen molar-refractivity contribution in [1.29, 1.82) is 0 Å². The smallest absolute Gasteiger partial charge is 0.354 e. The number of nitrogens with zero attached hydrogens (tertiary/aromatic N) is 3. The number of carboxylic acids is 1. The van der Waals surface area contributed by atoms with E-state index in [2.05, 4.69) is 41.1 Å². The van der Waals surface area contributed by atoms with Crippen LogP contribution in [0.5, 0.6) is 0 Å². The molecule has 6 nitrogen and oxygen atoms in total. The Bertz CT molecular complexity index is 437. The molecular weight excluding hydrogens is 244 g/mol.